The van der Waals surface area contributed by atoms with E-state index in [0.29, 0.717) is 17.0 Å². The van der Waals surface area contributed by atoms with Crippen LogP contribution in [-0.4, -0.2) is 21.8 Å². The van der Waals surface area contributed by atoms with Crippen molar-refractivity contribution < 1.29 is 24.0 Å². The number of furan rings is 1. The van der Waals surface area contributed by atoms with Gasteiger partial charge in [-0.2, -0.15) is 0 Å². The number of hydrogen-bond donors (Lipinski definition) is 2. The van der Waals surface area contributed by atoms with Crippen LogP contribution in [0.4, 0.5) is 11.4 Å². The molecule has 3 aromatic rings. The summed E-state index contributed by atoms with van der Waals surface area (Å²) in [5.74, 6) is -0.508. The van der Waals surface area contributed by atoms with Gasteiger partial charge in [-0.15, -0.1) is 0 Å². The van der Waals surface area contributed by atoms with E-state index in [1.54, 1.807) is 25.1 Å². The summed E-state index contributed by atoms with van der Waals surface area (Å²) >= 11 is 0. The van der Waals surface area contributed by atoms with Crippen molar-refractivity contribution in [2.45, 2.75) is 6.92 Å². The third-order valence-corrected chi connectivity index (χ3v) is 4.61. The quantitative estimate of drug-likeness (QED) is 0.297. The van der Waals surface area contributed by atoms with Crippen LogP contribution in [0.15, 0.2) is 64.6 Å². The molecule has 0 aliphatic carbocycles. The predicted octanol–water partition coefficient (Wildman–Crippen LogP) is 3.33. The fraction of sp³-hybridized carbons (Fsp3) is 0.0476. The zero-order chi connectivity index (χ0) is 21.4. The molecule has 30 heavy (non-hydrogen) atoms. The van der Waals surface area contributed by atoms with Crippen LogP contribution in [-0.2, 0) is 9.59 Å². The van der Waals surface area contributed by atoms with Crippen LogP contribution in [0.1, 0.15) is 11.3 Å². The van der Waals surface area contributed by atoms with Gasteiger partial charge in [-0.05, 0) is 55.0 Å². The first kappa shape index (κ1) is 18.9. The van der Waals surface area contributed by atoms with Crippen LogP contribution < -0.4 is 10.4 Å². The van der Waals surface area contributed by atoms with Gasteiger partial charge in [0, 0.05) is 17.7 Å². The average Bonchev–Trinajstić information content (AvgIpc) is 3.29. The van der Waals surface area contributed by atoms with E-state index in [0.717, 1.165) is 10.6 Å². The Morgan fingerprint density at radius 2 is 1.83 bits per heavy atom. The van der Waals surface area contributed by atoms with Gasteiger partial charge in [0.05, 0.1) is 10.6 Å². The zero-order valence-corrected chi connectivity index (χ0v) is 15.7. The highest BCUT2D eigenvalue weighted by Crippen LogP contribution is 2.30. The highest BCUT2D eigenvalue weighted by Gasteiger charge is 2.34. The molecule has 0 saturated carbocycles. The summed E-state index contributed by atoms with van der Waals surface area (Å²) in [4.78, 5) is 35.5. The van der Waals surface area contributed by atoms with Crippen LogP contribution in [0, 0.1) is 17.0 Å². The highest BCUT2D eigenvalue weighted by molar-refractivity contribution is 6.31. The Hall–Kier alpha value is -4.40. The van der Waals surface area contributed by atoms with E-state index in [2.05, 4.69) is 5.43 Å². The SMILES string of the molecule is Cc1ccc([N+](=O)[O-])cc1-c1ccc(C=C2C(=O)NN(c3ccc(O)cc3)C2=O)o1. The fourth-order valence-electron chi connectivity index (χ4n) is 3.05. The Labute approximate surface area is 170 Å². The Morgan fingerprint density at radius 3 is 2.53 bits per heavy atom. The first-order chi connectivity index (χ1) is 14.3. The van der Waals surface area contributed by atoms with Crippen LogP contribution in [0.2, 0.25) is 0 Å². The van der Waals surface area contributed by atoms with E-state index < -0.39 is 16.7 Å². The molecule has 4 rings (SSSR count). The molecule has 150 valence electrons. The van der Waals surface area contributed by atoms with E-state index in [4.69, 9.17) is 4.42 Å². The van der Waals surface area contributed by atoms with Crippen molar-refractivity contribution in [1.29, 1.82) is 0 Å². The van der Waals surface area contributed by atoms with Crippen LogP contribution in [0.3, 0.4) is 0 Å². The number of phenolic OH excluding ortho intramolecular Hbond substituents is 1. The van der Waals surface area contributed by atoms with Gasteiger partial charge in [-0.25, -0.2) is 5.01 Å². The monoisotopic (exact) mass is 405 g/mol. The maximum Gasteiger partial charge on any atom is 0.282 e. The average molecular weight is 405 g/mol. The van der Waals surface area contributed by atoms with E-state index >= 15 is 0 Å². The van der Waals surface area contributed by atoms with Gasteiger partial charge in [0.25, 0.3) is 17.5 Å². The molecule has 1 aromatic heterocycles. The van der Waals surface area contributed by atoms with Crippen molar-refractivity contribution in [2.24, 2.45) is 0 Å². The third kappa shape index (κ3) is 3.39. The molecule has 2 amide bonds. The molecule has 0 unspecified atom stereocenters. The van der Waals surface area contributed by atoms with Crippen molar-refractivity contribution in [2.75, 3.05) is 5.01 Å². The second kappa shape index (κ2) is 7.21. The minimum atomic E-state index is -0.599. The maximum absolute atomic E-state index is 12.7. The number of carbonyl (C=O) groups excluding carboxylic acids is 2. The number of nitrogens with zero attached hydrogens (tertiary/aromatic N) is 2. The number of carbonyl (C=O) groups is 2. The van der Waals surface area contributed by atoms with Crippen molar-refractivity contribution in [3.05, 3.63) is 81.6 Å². The standard InChI is InChI=1S/C21H15N3O6/c1-12-2-3-14(24(28)29)10-17(12)19-9-8-16(30-19)11-18-20(26)22-23(21(18)27)13-4-6-15(25)7-5-13/h2-11,25H,1H3,(H,22,26). The van der Waals surface area contributed by atoms with Gasteiger partial charge in [-0.1, -0.05) is 6.07 Å². The summed E-state index contributed by atoms with van der Waals surface area (Å²) in [7, 11) is 0. The number of non-ortho nitro benzene ring substituents is 1. The first-order valence-electron chi connectivity index (χ1n) is 8.85. The van der Waals surface area contributed by atoms with Crippen LogP contribution >= 0.6 is 0 Å². The molecule has 0 spiro atoms. The molecule has 0 radical (unpaired) electrons. The number of phenols is 1. The van der Waals surface area contributed by atoms with Gasteiger partial charge in [-0.3, -0.25) is 25.1 Å². The molecule has 9 nitrogen and oxygen atoms in total. The molecular weight excluding hydrogens is 390 g/mol. The Balaban J connectivity index is 1.64. The highest BCUT2D eigenvalue weighted by atomic mass is 16.6. The number of nitro benzene ring substituents is 1. The third-order valence-electron chi connectivity index (χ3n) is 4.61. The molecule has 1 aliphatic rings. The Kier molecular flexibility index (Phi) is 4.55. The van der Waals surface area contributed by atoms with Crippen molar-refractivity contribution in [3.63, 3.8) is 0 Å². The largest absolute Gasteiger partial charge is 0.508 e. The van der Waals surface area contributed by atoms with Crippen molar-refractivity contribution in [1.82, 2.24) is 5.43 Å². The minimum absolute atomic E-state index is 0.0343. The molecule has 2 heterocycles. The molecule has 1 aliphatic heterocycles. The molecular formula is C21H15N3O6. The van der Waals surface area contributed by atoms with E-state index in [9.17, 15) is 24.8 Å². The lowest BCUT2D eigenvalue weighted by atomic mass is 10.1. The molecule has 2 aromatic carbocycles. The maximum atomic E-state index is 12.7. The summed E-state index contributed by atoms with van der Waals surface area (Å²) in [6, 6.07) is 13.4. The Bertz CT molecular complexity index is 1210. The number of aromatic hydroxyl groups is 1. The van der Waals surface area contributed by atoms with Gasteiger partial charge in [0.15, 0.2) is 0 Å². The van der Waals surface area contributed by atoms with Crippen LogP contribution in [0.25, 0.3) is 17.4 Å². The zero-order valence-electron chi connectivity index (χ0n) is 15.7. The summed E-state index contributed by atoms with van der Waals surface area (Å²) in [6.07, 6.45) is 1.31. The molecule has 2 N–H and O–H groups in total. The lowest BCUT2D eigenvalue weighted by Gasteiger charge is -2.14. The molecule has 9 heteroatoms. The number of anilines is 1. The number of amides is 2. The summed E-state index contributed by atoms with van der Waals surface area (Å²) in [5, 5.41) is 21.5. The predicted molar refractivity (Wildman–Crippen MR) is 107 cm³/mol. The molecule has 0 bridgehead atoms. The lowest BCUT2D eigenvalue weighted by Crippen LogP contribution is -2.35. The normalized spacial score (nSPS) is 15.0. The second-order valence-electron chi connectivity index (χ2n) is 6.61. The van der Waals surface area contributed by atoms with Gasteiger partial charge in [0.1, 0.15) is 22.8 Å². The summed E-state index contributed by atoms with van der Waals surface area (Å²) in [6.45, 7) is 1.79. The number of nitrogens with one attached hydrogen (secondary N) is 1. The number of rotatable bonds is 4. The van der Waals surface area contributed by atoms with Gasteiger partial charge < -0.3 is 9.52 Å². The number of hydrogen-bond acceptors (Lipinski definition) is 6. The fourth-order valence-corrected chi connectivity index (χ4v) is 3.05. The summed E-state index contributed by atoms with van der Waals surface area (Å²) < 4.78 is 5.72. The Morgan fingerprint density at radius 1 is 1.10 bits per heavy atom. The first-order valence-corrected chi connectivity index (χ1v) is 8.85. The van der Waals surface area contributed by atoms with Gasteiger partial charge in [0.2, 0.25) is 0 Å². The van der Waals surface area contributed by atoms with E-state index in [1.807, 2.05) is 0 Å². The number of benzene rings is 2. The second-order valence-corrected chi connectivity index (χ2v) is 6.61. The topological polar surface area (TPSA) is 126 Å². The number of hydrazine groups is 1. The van der Waals surface area contributed by atoms with Crippen molar-refractivity contribution in [3.8, 4) is 17.1 Å². The molecule has 0 atom stereocenters. The minimum Gasteiger partial charge on any atom is -0.508 e. The van der Waals surface area contributed by atoms with Crippen molar-refractivity contribution >= 4 is 29.3 Å². The van der Waals surface area contributed by atoms with Gasteiger partial charge >= 0.3 is 0 Å². The summed E-state index contributed by atoms with van der Waals surface area (Å²) in [5.41, 5.74) is 3.98. The van der Waals surface area contributed by atoms with Crippen LogP contribution in [0.5, 0.6) is 5.75 Å². The molecule has 1 saturated heterocycles. The number of aryl methyl sites for hydroxylation is 1. The lowest BCUT2D eigenvalue weighted by molar-refractivity contribution is -0.384. The molecule has 1 fully saturated rings. The van der Waals surface area contributed by atoms with E-state index in [1.165, 1.54) is 42.5 Å². The van der Waals surface area contributed by atoms with E-state index in [-0.39, 0.29) is 22.8 Å². The smallest absolute Gasteiger partial charge is 0.282 e. The number of nitro groups is 1.